The van der Waals surface area contributed by atoms with Gasteiger partial charge < -0.3 is 19.8 Å². The number of primary amides is 1. The van der Waals surface area contributed by atoms with Gasteiger partial charge in [-0.3, -0.25) is 4.79 Å². The summed E-state index contributed by atoms with van der Waals surface area (Å²) in [6.07, 6.45) is 0.779. The summed E-state index contributed by atoms with van der Waals surface area (Å²) in [5.41, 5.74) is 10.1. The summed E-state index contributed by atoms with van der Waals surface area (Å²) >= 11 is 0. The Morgan fingerprint density at radius 1 is 1.04 bits per heavy atom. The number of nitrogens with zero attached hydrogens (tertiary/aromatic N) is 1. The summed E-state index contributed by atoms with van der Waals surface area (Å²) in [5, 5.41) is 0. The first-order valence-electron chi connectivity index (χ1n) is 8.81. The van der Waals surface area contributed by atoms with Crippen LogP contribution in [0.25, 0.3) is 11.3 Å². The van der Waals surface area contributed by atoms with Gasteiger partial charge in [0.15, 0.2) is 0 Å². The Kier molecular flexibility index (Phi) is 5.50. The number of ether oxygens (including phenoxy) is 2. The third kappa shape index (κ3) is 3.82. The molecule has 0 aliphatic carbocycles. The molecule has 5 heteroatoms. The van der Waals surface area contributed by atoms with Crippen molar-refractivity contribution in [2.45, 2.75) is 19.9 Å². The van der Waals surface area contributed by atoms with Crippen LogP contribution >= 0.6 is 0 Å². The van der Waals surface area contributed by atoms with Crippen LogP contribution in [0.5, 0.6) is 11.5 Å². The quantitative estimate of drug-likeness (QED) is 0.693. The van der Waals surface area contributed by atoms with Crippen LogP contribution in [0.4, 0.5) is 0 Å². The molecule has 0 saturated carbocycles. The molecule has 0 bridgehead atoms. The molecule has 0 radical (unpaired) electrons. The molecule has 2 N–H and O–H groups in total. The molecule has 140 valence electrons. The molecular weight excluding hydrogens is 340 g/mol. The molecule has 1 amide bonds. The van der Waals surface area contributed by atoms with Crippen LogP contribution in [-0.2, 0) is 13.0 Å². The molecule has 2 aromatic carbocycles. The predicted molar refractivity (Wildman–Crippen MR) is 106 cm³/mol. The molecular formula is C22H24N2O3. The average molecular weight is 364 g/mol. The number of hydrogen-bond donors (Lipinski definition) is 1. The topological polar surface area (TPSA) is 66.5 Å². The van der Waals surface area contributed by atoms with Crippen molar-refractivity contribution in [3.05, 3.63) is 71.4 Å². The van der Waals surface area contributed by atoms with Crippen LogP contribution in [-0.4, -0.2) is 24.7 Å². The van der Waals surface area contributed by atoms with Crippen molar-refractivity contribution in [3.63, 3.8) is 0 Å². The van der Waals surface area contributed by atoms with Crippen LogP contribution in [0.15, 0.2) is 54.6 Å². The number of carbonyl (C=O) groups is 1. The monoisotopic (exact) mass is 364 g/mol. The fraction of sp³-hybridized carbons (Fsp3) is 0.227. The first-order chi connectivity index (χ1) is 13.0. The Balaban J connectivity index is 1.98. The van der Waals surface area contributed by atoms with Crippen LogP contribution in [0.3, 0.4) is 0 Å². The maximum atomic E-state index is 11.9. The lowest BCUT2D eigenvalue weighted by Crippen LogP contribution is -2.13. The van der Waals surface area contributed by atoms with E-state index >= 15 is 0 Å². The molecule has 3 aromatic rings. The molecule has 0 saturated heterocycles. The van der Waals surface area contributed by atoms with E-state index in [2.05, 4.69) is 10.6 Å². The van der Waals surface area contributed by atoms with Crippen LogP contribution in [0, 0.1) is 6.92 Å². The number of aromatic nitrogens is 1. The summed E-state index contributed by atoms with van der Waals surface area (Å²) in [6.45, 7) is 2.64. The summed E-state index contributed by atoms with van der Waals surface area (Å²) in [6, 6.07) is 17.6. The molecule has 1 aromatic heterocycles. The molecule has 0 spiro atoms. The molecule has 0 unspecified atom stereocenters. The Morgan fingerprint density at radius 3 is 2.37 bits per heavy atom. The Bertz CT molecular complexity index is 943. The summed E-state index contributed by atoms with van der Waals surface area (Å²) in [4.78, 5) is 11.9. The fourth-order valence-electron chi connectivity index (χ4n) is 3.33. The van der Waals surface area contributed by atoms with E-state index in [1.165, 1.54) is 0 Å². The molecule has 3 rings (SSSR count). The Hall–Kier alpha value is -3.21. The van der Waals surface area contributed by atoms with Crippen molar-refractivity contribution in [3.8, 4) is 22.8 Å². The molecule has 0 fully saturated rings. The first kappa shape index (κ1) is 18.6. The molecule has 27 heavy (non-hydrogen) atoms. The molecule has 0 aliphatic rings. The number of nitrogens with two attached hydrogens (primary N) is 1. The third-order valence-corrected chi connectivity index (χ3v) is 4.82. The number of benzene rings is 2. The number of aryl methyl sites for hydroxylation is 1. The van der Waals surface area contributed by atoms with Crippen molar-refractivity contribution in [1.82, 2.24) is 4.57 Å². The summed E-state index contributed by atoms with van der Waals surface area (Å²) < 4.78 is 12.8. The maximum absolute atomic E-state index is 11.9. The van der Waals surface area contributed by atoms with Crippen molar-refractivity contribution in [2.24, 2.45) is 5.73 Å². The lowest BCUT2D eigenvalue weighted by molar-refractivity contribution is 0.0999. The van der Waals surface area contributed by atoms with Gasteiger partial charge in [0, 0.05) is 17.9 Å². The molecule has 0 aliphatic heterocycles. The van der Waals surface area contributed by atoms with E-state index in [0.29, 0.717) is 12.1 Å². The normalized spacial score (nSPS) is 10.6. The zero-order chi connectivity index (χ0) is 19.4. The van der Waals surface area contributed by atoms with Crippen LogP contribution in [0.2, 0.25) is 0 Å². The number of rotatable bonds is 7. The van der Waals surface area contributed by atoms with Gasteiger partial charge in [-0.1, -0.05) is 18.2 Å². The lowest BCUT2D eigenvalue weighted by atomic mass is 10.1. The molecule has 5 nitrogen and oxygen atoms in total. The van der Waals surface area contributed by atoms with E-state index in [4.69, 9.17) is 15.2 Å². The first-order valence-corrected chi connectivity index (χ1v) is 8.81. The van der Waals surface area contributed by atoms with E-state index < -0.39 is 5.91 Å². The highest BCUT2D eigenvalue weighted by Gasteiger charge is 2.17. The third-order valence-electron chi connectivity index (χ3n) is 4.82. The minimum Gasteiger partial charge on any atom is -0.497 e. The smallest absolute Gasteiger partial charge is 0.250 e. The minimum atomic E-state index is -0.418. The van der Waals surface area contributed by atoms with E-state index in [0.717, 1.165) is 40.4 Å². The number of para-hydroxylation sites is 1. The van der Waals surface area contributed by atoms with Gasteiger partial charge in [0.05, 0.1) is 19.8 Å². The van der Waals surface area contributed by atoms with Gasteiger partial charge in [0.1, 0.15) is 11.5 Å². The molecule has 1 heterocycles. The summed E-state index contributed by atoms with van der Waals surface area (Å²) in [7, 11) is 3.31. The second-order valence-electron chi connectivity index (χ2n) is 6.33. The van der Waals surface area contributed by atoms with Crippen molar-refractivity contribution >= 4 is 5.91 Å². The average Bonchev–Trinajstić information content (AvgIpc) is 3.03. The largest absolute Gasteiger partial charge is 0.497 e. The number of hydrogen-bond acceptors (Lipinski definition) is 3. The second kappa shape index (κ2) is 7.99. The van der Waals surface area contributed by atoms with Gasteiger partial charge in [0.25, 0.3) is 5.91 Å². The fourth-order valence-corrected chi connectivity index (χ4v) is 3.33. The number of amides is 1. The highest BCUT2D eigenvalue weighted by Crippen LogP contribution is 2.28. The van der Waals surface area contributed by atoms with Crippen molar-refractivity contribution in [2.75, 3.05) is 14.2 Å². The van der Waals surface area contributed by atoms with Gasteiger partial charge in [0.2, 0.25) is 0 Å². The standard InChI is InChI=1S/C22H24N2O3/c1-15-19(22(23)25)14-20(16-8-10-18(26-2)11-9-16)24(15)13-12-17-6-4-5-7-21(17)27-3/h4-11,14H,12-13H2,1-3H3,(H2,23,25). The van der Waals surface area contributed by atoms with Crippen LogP contribution in [0.1, 0.15) is 21.6 Å². The SMILES string of the molecule is COc1ccc(-c2cc(C(N)=O)c(C)n2CCc2ccccc2OC)cc1. The van der Waals surface area contributed by atoms with E-state index in [-0.39, 0.29) is 0 Å². The van der Waals surface area contributed by atoms with Crippen molar-refractivity contribution < 1.29 is 14.3 Å². The van der Waals surface area contributed by atoms with Gasteiger partial charge in [-0.05, 0) is 60.9 Å². The maximum Gasteiger partial charge on any atom is 0.250 e. The zero-order valence-electron chi connectivity index (χ0n) is 15.9. The van der Waals surface area contributed by atoms with Gasteiger partial charge in [-0.15, -0.1) is 0 Å². The number of carbonyl (C=O) groups excluding carboxylic acids is 1. The van der Waals surface area contributed by atoms with E-state index in [1.807, 2.05) is 55.5 Å². The van der Waals surface area contributed by atoms with Gasteiger partial charge in [-0.2, -0.15) is 0 Å². The highest BCUT2D eigenvalue weighted by molar-refractivity contribution is 5.95. The second-order valence-corrected chi connectivity index (χ2v) is 6.33. The van der Waals surface area contributed by atoms with Crippen LogP contribution < -0.4 is 15.2 Å². The van der Waals surface area contributed by atoms with Crippen molar-refractivity contribution in [1.29, 1.82) is 0 Å². The van der Waals surface area contributed by atoms with Gasteiger partial charge in [-0.25, -0.2) is 0 Å². The van der Waals surface area contributed by atoms with E-state index in [9.17, 15) is 4.79 Å². The predicted octanol–water partition coefficient (Wildman–Crippen LogP) is 3.82. The molecule has 0 atom stereocenters. The minimum absolute atomic E-state index is 0.418. The number of methoxy groups -OCH3 is 2. The summed E-state index contributed by atoms with van der Waals surface area (Å²) in [5.74, 6) is 1.24. The highest BCUT2D eigenvalue weighted by atomic mass is 16.5. The Morgan fingerprint density at radius 2 is 1.74 bits per heavy atom. The lowest BCUT2D eigenvalue weighted by Gasteiger charge is -2.14. The Labute approximate surface area is 159 Å². The van der Waals surface area contributed by atoms with Gasteiger partial charge >= 0.3 is 0 Å². The van der Waals surface area contributed by atoms with E-state index in [1.54, 1.807) is 14.2 Å². The zero-order valence-corrected chi connectivity index (χ0v) is 15.9.